The van der Waals surface area contributed by atoms with Gasteiger partial charge in [-0.25, -0.2) is 4.39 Å². The number of hydrogen-bond acceptors (Lipinski definition) is 5. The molecule has 0 spiro atoms. The second kappa shape index (κ2) is 7.25. The molecule has 3 aromatic rings. The fraction of sp³-hybridized carbons (Fsp3) is 0.0588. The van der Waals surface area contributed by atoms with Crippen molar-refractivity contribution in [3.8, 4) is 17.2 Å². The number of anilines is 1. The van der Waals surface area contributed by atoms with Gasteiger partial charge in [-0.15, -0.1) is 10.2 Å². The van der Waals surface area contributed by atoms with Gasteiger partial charge in [0.15, 0.2) is 0 Å². The molecule has 6 nitrogen and oxygen atoms in total. The van der Waals surface area contributed by atoms with E-state index >= 15 is 0 Å². The largest absolute Gasteiger partial charge is 0.419 e. The molecule has 0 radical (unpaired) electrons. The predicted molar refractivity (Wildman–Crippen MR) is 88.2 cm³/mol. The van der Waals surface area contributed by atoms with Crippen LogP contribution in [0.3, 0.4) is 0 Å². The maximum atomic E-state index is 13.4. The van der Waals surface area contributed by atoms with Crippen molar-refractivity contribution in [3.63, 3.8) is 0 Å². The fourth-order valence-electron chi connectivity index (χ4n) is 2.26. The number of allylic oxidation sites excluding steroid dienone is 1. The maximum absolute atomic E-state index is 13.4. The molecular weight excluding hydrogens is 364 g/mol. The number of nitrogens with zero attached hydrogens (tertiary/aromatic N) is 4. The van der Waals surface area contributed by atoms with Crippen molar-refractivity contribution in [2.45, 2.75) is 6.18 Å². The molecule has 0 amide bonds. The van der Waals surface area contributed by atoms with Crippen molar-refractivity contribution in [2.75, 3.05) is 5.32 Å². The van der Waals surface area contributed by atoms with Crippen LogP contribution in [0.4, 0.5) is 23.2 Å². The van der Waals surface area contributed by atoms with Crippen LogP contribution in [0, 0.1) is 17.1 Å². The average molecular weight is 374 g/mol. The average Bonchev–Trinajstić information content (AvgIpc) is 3.17. The van der Waals surface area contributed by atoms with E-state index in [0.717, 1.165) is 12.1 Å². The number of halogens is 4. The summed E-state index contributed by atoms with van der Waals surface area (Å²) in [6, 6.07) is 11.1. The molecule has 0 aliphatic rings. The van der Waals surface area contributed by atoms with Gasteiger partial charge in [0.2, 0.25) is 5.82 Å². The number of benzene rings is 2. The van der Waals surface area contributed by atoms with E-state index in [1.807, 2.05) is 6.07 Å². The number of aromatic amines is 1. The van der Waals surface area contributed by atoms with Gasteiger partial charge in [-0.2, -0.15) is 23.6 Å². The Morgan fingerprint density at radius 2 is 1.81 bits per heavy atom. The van der Waals surface area contributed by atoms with Crippen molar-refractivity contribution >= 4 is 11.3 Å². The number of hydrogen-bond donors (Lipinski definition) is 2. The van der Waals surface area contributed by atoms with Gasteiger partial charge in [-0.1, -0.05) is 18.2 Å². The number of rotatable bonds is 4. The minimum Gasteiger partial charge on any atom is -0.360 e. The highest BCUT2D eigenvalue weighted by atomic mass is 19.4. The first-order valence-electron chi connectivity index (χ1n) is 7.46. The highest BCUT2D eigenvalue weighted by Crippen LogP contribution is 2.34. The Bertz CT molecular complexity index is 1000. The smallest absolute Gasteiger partial charge is 0.360 e. The van der Waals surface area contributed by atoms with Gasteiger partial charge in [0.1, 0.15) is 17.5 Å². The van der Waals surface area contributed by atoms with E-state index in [1.165, 1.54) is 12.3 Å². The molecule has 0 saturated carbocycles. The first-order valence-corrected chi connectivity index (χ1v) is 7.46. The number of alkyl halides is 3. The monoisotopic (exact) mass is 374 g/mol. The van der Waals surface area contributed by atoms with Crippen molar-refractivity contribution in [1.82, 2.24) is 20.6 Å². The summed E-state index contributed by atoms with van der Waals surface area (Å²) >= 11 is 0. The van der Waals surface area contributed by atoms with Crippen LogP contribution in [0.15, 0.2) is 48.7 Å². The van der Waals surface area contributed by atoms with Gasteiger partial charge in [-0.05, 0) is 40.6 Å². The number of H-pyrrole nitrogens is 1. The molecule has 0 saturated heterocycles. The van der Waals surface area contributed by atoms with E-state index in [9.17, 15) is 17.6 Å². The second-order valence-corrected chi connectivity index (χ2v) is 5.32. The third-order valence-corrected chi connectivity index (χ3v) is 3.58. The first-order chi connectivity index (χ1) is 12.9. The van der Waals surface area contributed by atoms with Gasteiger partial charge >= 0.3 is 6.18 Å². The van der Waals surface area contributed by atoms with E-state index in [2.05, 4.69) is 25.9 Å². The lowest BCUT2D eigenvalue weighted by molar-refractivity contribution is -0.139. The van der Waals surface area contributed by atoms with Crippen molar-refractivity contribution in [2.24, 2.45) is 0 Å². The Morgan fingerprint density at radius 1 is 1.11 bits per heavy atom. The summed E-state index contributed by atoms with van der Waals surface area (Å²) in [6.07, 6.45) is -3.39. The molecule has 0 atom stereocenters. The molecule has 0 fully saturated rings. The molecule has 3 rings (SSSR count). The zero-order valence-electron chi connectivity index (χ0n) is 13.4. The Kier molecular flexibility index (Phi) is 4.85. The van der Waals surface area contributed by atoms with Crippen LogP contribution >= 0.6 is 0 Å². The molecule has 10 heteroatoms. The van der Waals surface area contributed by atoms with Crippen molar-refractivity contribution in [1.29, 1.82) is 5.26 Å². The lowest BCUT2D eigenvalue weighted by atomic mass is 10.0. The van der Waals surface area contributed by atoms with Crippen LogP contribution in [-0.4, -0.2) is 20.6 Å². The van der Waals surface area contributed by atoms with Crippen LogP contribution < -0.4 is 5.32 Å². The van der Waals surface area contributed by atoms with Gasteiger partial charge < -0.3 is 5.32 Å². The Balaban J connectivity index is 1.81. The Hall–Kier alpha value is -3.74. The molecule has 0 unspecified atom stereocenters. The maximum Gasteiger partial charge on any atom is 0.419 e. The Morgan fingerprint density at radius 3 is 2.41 bits per heavy atom. The van der Waals surface area contributed by atoms with Gasteiger partial charge in [0.25, 0.3) is 0 Å². The normalized spacial score (nSPS) is 11.9. The van der Waals surface area contributed by atoms with Gasteiger partial charge in [0, 0.05) is 11.9 Å². The summed E-state index contributed by atoms with van der Waals surface area (Å²) in [5, 5.41) is 24.9. The van der Waals surface area contributed by atoms with Crippen LogP contribution in [0.1, 0.15) is 11.4 Å². The number of tetrazole rings is 1. The third kappa shape index (κ3) is 4.09. The molecule has 1 aromatic heterocycles. The minimum absolute atomic E-state index is 0.118. The third-order valence-electron chi connectivity index (χ3n) is 3.58. The number of nitriles is 1. The van der Waals surface area contributed by atoms with Crippen molar-refractivity contribution < 1.29 is 17.6 Å². The Labute approximate surface area is 150 Å². The molecule has 1 heterocycles. The predicted octanol–water partition coefficient (Wildman–Crippen LogP) is 4.00. The number of aromatic nitrogens is 4. The summed E-state index contributed by atoms with van der Waals surface area (Å²) in [4.78, 5) is 0. The van der Waals surface area contributed by atoms with E-state index in [-0.39, 0.29) is 17.0 Å². The number of nitrogens with one attached hydrogen (secondary N) is 2. The summed E-state index contributed by atoms with van der Waals surface area (Å²) in [5.74, 6) is -1.20. The van der Waals surface area contributed by atoms with Crippen molar-refractivity contribution in [3.05, 3.63) is 65.9 Å². The van der Waals surface area contributed by atoms with Crippen LogP contribution in [0.5, 0.6) is 0 Å². The van der Waals surface area contributed by atoms with Gasteiger partial charge in [0.05, 0.1) is 5.56 Å². The molecule has 0 bridgehead atoms. The van der Waals surface area contributed by atoms with Crippen LogP contribution in [0.25, 0.3) is 16.7 Å². The zero-order chi connectivity index (χ0) is 19.4. The van der Waals surface area contributed by atoms with E-state index in [0.29, 0.717) is 11.3 Å². The standard InChI is InChI=1S/C17H10F4N6/c18-15-6-3-11(7-14(15)17(19,20)21)10-1-4-13(5-2-10)23-9-12(8-22)16-24-26-27-25-16/h1-7,9,23H,(H,24,25,26,27). The highest BCUT2D eigenvalue weighted by Gasteiger charge is 2.34. The fourth-order valence-corrected chi connectivity index (χ4v) is 2.26. The topological polar surface area (TPSA) is 90.3 Å². The molecular formula is C17H10F4N6. The lowest BCUT2D eigenvalue weighted by Gasteiger charge is -2.10. The highest BCUT2D eigenvalue weighted by molar-refractivity contribution is 5.74. The van der Waals surface area contributed by atoms with E-state index in [4.69, 9.17) is 5.26 Å². The van der Waals surface area contributed by atoms with E-state index < -0.39 is 17.6 Å². The zero-order valence-corrected chi connectivity index (χ0v) is 13.4. The molecule has 136 valence electrons. The molecule has 0 aliphatic heterocycles. The van der Waals surface area contributed by atoms with Crippen LogP contribution in [0.2, 0.25) is 0 Å². The minimum atomic E-state index is -4.77. The van der Waals surface area contributed by atoms with E-state index in [1.54, 1.807) is 24.3 Å². The van der Waals surface area contributed by atoms with Gasteiger partial charge in [-0.3, -0.25) is 0 Å². The molecule has 0 aliphatic carbocycles. The quantitative estimate of drug-likeness (QED) is 0.532. The molecule has 2 N–H and O–H groups in total. The summed E-state index contributed by atoms with van der Waals surface area (Å²) in [6.45, 7) is 0. The van der Waals surface area contributed by atoms with Crippen LogP contribution in [-0.2, 0) is 6.18 Å². The molecule has 2 aromatic carbocycles. The summed E-state index contributed by atoms with van der Waals surface area (Å²) in [5.41, 5.74) is 0.113. The summed E-state index contributed by atoms with van der Waals surface area (Å²) in [7, 11) is 0. The summed E-state index contributed by atoms with van der Waals surface area (Å²) < 4.78 is 51.9. The SMILES string of the molecule is N#CC(=CNc1ccc(-c2ccc(F)c(C(F)(F)F)c2)cc1)c1nn[nH]n1. The molecule has 27 heavy (non-hydrogen) atoms. The first kappa shape index (κ1) is 18.1. The lowest BCUT2D eigenvalue weighted by Crippen LogP contribution is -2.08. The second-order valence-electron chi connectivity index (χ2n) is 5.32.